The number of rotatable bonds is 4. The van der Waals surface area contributed by atoms with Gasteiger partial charge >= 0.3 is 0 Å². The number of hydrogen-bond acceptors (Lipinski definition) is 3. The Balaban J connectivity index is 1.80. The fraction of sp³-hybridized carbons (Fsp3) is 0.643. The number of aliphatic hydroxyl groups is 1. The molecule has 3 aliphatic rings. The van der Waals surface area contributed by atoms with Crippen LogP contribution in [0.4, 0.5) is 0 Å². The summed E-state index contributed by atoms with van der Waals surface area (Å²) in [5, 5.41) is 15.7. The lowest BCUT2D eigenvalue weighted by Gasteiger charge is -2.49. The van der Waals surface area contributed by atoms with Crippen molar-refractivity contribution in [3.63, 3.8) is 0 Å². The van der Waals surface area contributed by atoms with E-state index in [1.54, 1.807) is 0 Å². The molecule has 1 aliphatic carbocycles. The van der Waals surface area contributed by atoms with Gasteiger partial charge < -0.3 is 10.4 Å². The SMILES string of the molecule is O=C1N[C@H]2C(CCCl)=CS[C@@]12[C@@H](O)[C@H]1C=CCCC1. The normalized spacial score (nSPS) is 38.2. The maximum Gasteiger partial charge on any atom is 0.242 e. The summed E-state index contributed by atoms with van der Waals surface area (Å²) < 4.78 is -0.701. The maximum atomic E-state index is 12.1. The van der Waals surface area contributed by atoms with E-state index in [-0.39, 0.29) is 17.9 Å². The molecule has 0 saturated carbocycles. The molecular weight excluding hydrogens is 282 g/mol. The summed E-state index contributed by atoms with van der Waals surface area (Å²) >= 11 is 7.27. The smallest absolute Gasteiger partial charge is 0.242 e. The molecule has 5 heteroatoms. The molecule has 0 aromatic carbocycles. The molecule has 0 spiro atoms. The lowest BCUT2D eigenvalue weighted by Crippen LogP contribution is -2.75. The third-order valence-electron chi connectivity index (χ3n) is 4.35. The Morgan fingerprint density at radius 3 is 3.11 bits per heavy atom. The summed E-state index contributed by atoms with van der Waals surface area (Å²) in [5.74, 6) is 0.613. The lowest BCUT2D eigenvalue weighted by molar-refractivity contribution is -0.137. The zero-order chi connectivity index (χ0) is 13.5. The summed E-state index contributed by atoms with van der Waals surface area (Å²) in [7, 11) is 0. The molecule has 1 amide bonds. The number of aliphatic hydroxyl groups excluding tert-OH is 1. The van der Waals surface area contributed by atoms with Crippen LogP contribution in [0.25, 0.3) is 0 Å². The van der Waals surface area contributed by atoms with Gasteiger partial charge in [-0.2, -0.15) is 0 Å². The summed E-state index contributed by atoms with van der Waals surface area (Å²) in [6.07, 6.45) is 7.48. The van der Waals surface area contributed by atoms with Crippen molar-refractivity contribution in [2.75, 3.05) is 5.88 Å². The van der Waals surface area contributed by atoms with Crippen LogP contribution in [-0.4, -0.2) is 33.8 Å². The second-order valence-electron chi connectivity index (χ2n) is 5.42. The van der Waals surface area contributed by atoms with Gasteiger partial charge in [0.05, 0.1) is 12.1 Å². The van der Waals surface area contributed by atoms with E-state index in [9.17, 15) is 9.90 Å². The Morgan fingerprint density at radius 1 is 1.63 bits per heavy atom. The molecule has 2 aliphatic heterocycles. The van der Waals surface area contributed by atoms with E-state index in [2.05, 4.69) is 17.5 Å². The van der Waals surface area contributed by atoms with E-state index in [1.807, 2.05) is 5.41 Å². The molecule has 0 radical (unpaired) electrons. The molecule has 104 valence electrons. The van der Waals surface area contributed by atoms with Gasteiger partial charge in [-0.3, -0.25) is 4.79 Å². The number of β-lactam (4-membered cyclic amide) rings is 1. The fourth-order valence-corrected chi connectivity index (χ4v) is 4.89. The molecule has 0 unspecified atom stereocenters. The number of fused-ring (bicyclic) bond motifs is 1. The Hall–Kier alpha value is -0.450. The van der Waals surface area contributed by atoms with Crippen molar-refractivity contribution in [1.29, 1.82) is 0 Å². The van der Waals surface area contributed by atoms with Crippen LogP contribution in [0.5, 0.6) is 0 Å². The van der Waals surface area contributed by atoms with E-state index in [1.165, 1.54) is 11.8 Å². The highest BCUT2D eigenvalue weighted by molar-refractivity contribution is 8.04. The molecule has 0 bridgehead atoms. The molecule has 2 heterocycles. The minimum Gasteiger partial charge on any atom is -0.390 e. The second kappa shape index (κ2) is 5.15. The number of hydrogen-bond donors (Lipinski definition) is 2. The number of carbonyl (C=O) groups is 1. The molecule has 0 aromatic heterocycles. The van der Waals surface area contributed by atoms with Crippen molar-refractivity contribution >= 4 is 29.3 Å². The van der Waals surface area contributed by atoms with Crippen molar-refractivity contribution in [3.8, 4) is 0 Å². The number of halogens is 1. The molecule has 19 heavy (non-hydrogen) atoms. The lowest BCUT2D eigenvalue weighted by atomic mass is 9.73. The van der Waals surface area contributed by atoms with Gasteiger partial charge in [-0.05, 0) is 36.7 Å². The van der Waals surface area contributed by atoms with E-state index in [0.29, 0.717) is 5.88 Å². The van der Waals surface area contributed by atoms with Crippen LogP contribution in [0.3, 0.4) is 0 Å². The molecular formula is C14H18ClNO2S. The first-order chi connectivity index (χ1) is 9.20. The largest absolute Gasteiger partial charge is 0.390 e. The van der Waals surface area contributed by atoms with Crippen LogP contribution in [-0.2, 0) is 4.79 Å². The maximum absolute atomic E-state index is 12.1. The van der Waals surface area contributed by atoms with Crippen molar-refractivity contribution in [1.82, 2.24) is 5.32 Å². The monoisotopic (exact) mass is 299 g/mol. The topological polar surface area (TPSA) is 49.3 Å². The Bertz CT molecular complexity index is 451. The van der Waals surface area contributed by atoms with Crippen LogP contribution in [0.1, 0.15) is 25.7 Å². The minimum atomic E-state index is -0.701. The predicted molar refractivity (Wildman–Crippen MR) is 78.2 cm³/mol. The summed E-state index contributed by atoms with van der Waals surface area (Å²) in [4.78, 5) is 12.1. The van der Waals surface area contributed by atoms with Gasteiger partial charge in [0.25, 0.3) is 0 Å². The number of amides is 1. The van der Waals surface area contributed by atoms with Crippen LogP contribution in [0.2, 0.25) is 0 Å². The van der Waals surface area contributed by atoms with Gasteiger partial charge in [0.2, 0.25) is 5.91 Å². The standard InChI is InChI=1S/C14H18ClNO2S/c15-7-6-10-8-19-14(11(10)16-13(14)18)12(17)9-4-2-1-3-5-9/h2,4,8-9,11-12,17H,1,3,5-7H2,(H,16,18)/t9-,11-,12-,14-/m0/s1. The number of nitrogens with one attached hydrogen (secondary N) is 1. The molecule has 1 fully saturated rings. The van der Waals surface area contributed by atoms with Gasteiger partial charge in [-0.1, -0.05) is 12.2 Å². The Morgan fingerprint density at radius 2 is 2.47 bits per heavy atom. The molecule has 4 atom stereocenters. The van der Waals surface area contributed by atoms with Gasteiger partial charge in [0.15, 0.2) is 0 Å². The van der Waals surface area contributed by atoms with Crippen molar-refractivity contribution in [3.05, 3.63) is 23.1 Å². The van der Waals surface area contributed by atoms with Gasteiger partial charge in [0, 0.05) is 11.8 Å². The second-order valence-corrected chi connectivity index (χ2v) is 6.94. The molecule has 1 saturated heterocycles. The average Bonchev–Trinajstić information content (AvgIpc) is 2.73. The van der Waals surface area contributed by atoms with Crippen LogP contribution >= 0.6 is 23.4 Å². The molecule has 2 N–H and O–H groups in total. The quantitative estimate of drug-likeness (QED) is 0.475. The van der Waals surface area contributed by atoms with Crippen LogP contribution in [0.15, 0.2) is 23.1 Å². The predicted octanol–water partition coefficient (Wildman–Crippen LogP) is 2.20. The summed E-state index contributed by atoms with van der Waals surface area (Å²) in [6.45, 7) is 0. The van der Waals surface area contributed by atoms with Crippen LogP contribution < -0.4 is 5.32 Å². The first kappa shape index (κ1) is 13.5. The first-order valence-electron chi connectivity index (χ1n) is 6.78. The number of carbonyl (C=O) groups excluding carboxylic acids is 1. The van der Waals surface area contributed by atoms with E-state index < -0.39 is 10.9 Å². The number of thioether (sulfide) groups is 1. The van der Waals surface area contributed by atoms with Crippen LogP contribution in [0, 0.1) is 5.92 Å². The zero-order valence-electron chi connectivity index (χ0n) is 10.6. The molecule has 0 aromatic rings. The Labute approximate surface area is 122 Å². The summed E-state index contributed by atoms with van der Waals surface area (Å²) in [5.41, 5.74) is 1.15. The molecule has 3 nitrogen and oxygen atoms in total. The van der Waals surface area contributed by atoms with Crippen molar-refractivity contribution in [2.45, 2.75) is 42.6 Å². The highest BCUT2D eigenvalue weighted by Crippen LogP contribution is 2.52. The first-order valence-corrected chi connectivity index (χ1v) is 8.20. The van der Waals surface area contributed by atoms with Crippen molar-refractivity contribution < 1.29 is 9.90 Å². The third kappa shape index (κ3) is 1.96. The van der Waals surface area contributed by atoms with E-state index in [0.717, 1.165) is 31.3 Å². The summed E-state index contributed by atoms with van der Waals surface area (Å²) in [6, 6.07) is -0.0333. The third-order valence-corrected chi connectivity index (χ3v) is 6.02. The molecule has 3 rings (SSSR count). The minimum absolute atomic E-state index is 0.0326. The highest BCUT2D eigenvalue weighted by Gasteiger charge is 2.64. The van der Waals surface area contributed by atoms with Gasteiger partial charge in [0.1, 0.15) is 4.75 Å². The van der Waals surface area contributed by atoms with Crippen molar-refractivity contribution in [2.24, 2.45) is 5.92 Å². The van der Waals surface area contributed by atoms with Gasteiger partial charge in [-0.15, -0.1) is 23.4 Å². The van der Waals surface area contributed by atoms with E-state index >= 15 is 0 Å². The fourth-order valence-electron chi connectivity index (χ4n) is 3.24. The highest BCUT2D eigenvalue weighted by atomic mass is 35.5. The van der Waals surface area contributed by atoms with E-state index in [4.69, 9.17) is 11.6 Å². The number of allylic oxidation sites excluding steroid dienone is 1. The van der Waals surface area contributed by atoms with Gasteiger partial charge in [-0.25, -0.2) is 0 Å². The number of alkyl halides is 1. The Kier molecular flexibility index (Phi) is 3.67. The average molecular weight is 300 g/mol. The zero-order valence-corrected chi connectivity index (χ0v) is 12.2.